The molecule has 0 bridgehead atoms. The fraction of sp³-hybridized carbons (Fsp3) is 0.577. The minimum atomic E-state index is -0.688. The van der Waals surface area contributed by atoms with Crippen molar-refractivity contribution in [3.05, 3.63) is 35.5 Å². The van der Waals surface area contributed by atoms with Crippen molar-refractivity contribution in [3.8, 4) is 6.07 Å². The number of amides is 2. The summed E-state index contributed by atoms with van der Waals surface area (Å²) >= 11 is 0. The van der Waals surface area contributed by atoms with Crippen LogP contribution in [0.25, 0.3) is 10.9 Å². The molecule has 1 aromatic carbocycles. The highest BCUT2D eigenvalue weighted by Crippen LogP contribution is 2.38. The van der Waals surface area contributed by atoms with Crippen molar-refractivity contribution < 1.29 is 14.3 Å². The fourth-order valence-electron chi connectivity index (χ4n) is 5.72. The average Bonchev–Trinajstić information content (AvgIpc) is 3.56. The number of nitrogens with zero attached hydrogens (tertiary/aromatic N) is 3. The smallest absolute Gasteiger partial charge is 0.226 e. The number of ether oxygens (including phenoxy) is 1. The molecule has 174 valence electrons. The normalized spacial score (nSPS) is 23.6. The summed E-state index contributed by atoms with van der Waals surface area (Å²) in [7, 11) is 1.72. The Hall–Kier alpha value is -2.85. The fourth-order valence-corrected chi connectivity index (χ4v) is 5.72. The maximum atomic E-state index is 13.7. The highest BCUT2D eigenvalue weighted by atomic mass is 16.5. The lowest BCUT2D eigenvalue weighted by Gasteiger charge is -2.36. The van der Waals surface area contributed by atoms with Crippen LogP contribution in [-0.2, 0) is 33.8 Å². The second-order valence-electron chi connectivity index (χ2n) is 9.78. The van der Waals surface area contributed by atoms with Gasteiger partial charge in [-0.2, -0.15) is 5.26 Å². The standard InChI is InChI=1S/C26H32N4O3/c1-33-15-14-30-22-9-5-4-6-18(22)21-16-29(13-10-23(21)30)25(32)20-8-3-2-7-19(20)24(31)28-26(17-27)11-12-26/h4-6,9,19-20H,2-3,7-8,10-16H2,1H3,(H,28,31)/t19-,20-/m1/s1. The van der Waals surface area contributed by atoms with E-state index in [1.807, 2.05) is 4.90 Å². The first-order valence-corrected chi connectivity index (χ1v) is 12.2. The zero-order valence-electron chi connectivity index (χ0n) is 19.3. The van der Waals surface area contributed by atoms with Gasteiger partial charge in [-0.25, -0.2) is 0 Å². The Bertz CT molecular complexity index is 1110. The molecule has 2 atom stereocenters. The van der Waals surface area contributed by atoms with Crippen LogP contribution in [0.15, 0.2) is 24.3 Å². The second kappa shape index (κ2) is 8.83. The number of para-hydroxylation sites is 1. The Morgan fingerprint density at radius 3 is 2.70 bits per heavy atom. The molecule has 0 radical (unpaired) electrons. The molecule has 2 heterocycles. The van der Waals surface area contributed by atoms with Crippen molar-refractivity contribution in [2.24, 2.45) is 11.8 Å². The maximum absolute atomic E-state index is 13.7. The van der Waals surface area contributed by atoms with Crippen LogP contribution in [0.3, 0.4) is 0 Å². The van der Waals surface area contributed by atoms with E-state index in [0.29, 0.717) is 32.5 Å². The molecular formula is C26H32N4O3. The molecule has 2 aromatic rings. The van der Waals surface area contributed by atoms with Gasteiger partial charge in [0.2, 0.25) is 11.8 Å². The summed E-state index contributed by atoms with van der Waals surface area (Å²) in [5, 5.41) is 13.5. The third-order valence-corrected chi connectivity index (χ3v) is 7.74. The Morgan fingerprint density at radius 1 is 1.21 bits per heavy atom. The van der Waals surface area contributed by atoms with Crippen LogP contribution in [0.2, 0.25) is 0 Å². The van der Waals surface area contributed by atoms with Crippen LogP contribution in [0.1, 0.15) is 49.8 Å². The summed E-state index contributed by atoms with van der Waals surface area (Å²) in [4.78, 5) is 28.7. The van der Waals surface area contributed by atoms with Crippen LogP contribution in [0.4, 0.5) is 0 Å². The molecule has 3 aliphatic rings. The first-order valence-electron chi connectivity index (χ1n) is 12.2. The van der Waals surface area contributed by atoms with E-state index in [2.05, 4.69) is 40.2 Å². The molecule has 7 nitrogen and oxygen atoms in total. The van der Waals surface area contributed by atoms with Crippen LogP contribution >= 0.6 is 0 Å². The van der Waals surface area contributed by atoms with Crippen molar-refractivity contribution >= 4 is 22.7 Å². The summed E-state index contributed by atoms with van der Waals surface area (Å²) < 4.78 is 7.67. The Morgan fingerprint density at radius 2 is 1.97 bits per heavy atom. The molecule has 5 rings (SSSR count). The number of rotatable bonds is 6. The van der Waals surface area contributed by atoms with Gasteiger partial charge >= 0.3 is 0 Å². The van der Waals surface area contributed by atoms with Crippen LogP contribution in [0.5, 0.6) is 0 Å². The number of hydrogen-bond acceptors (Lipinski definition) is 4. The van der Waals surface area contributed by atoms with Gasteiger partial charge in [-0.3, -0.25) is 9.59 Å². The number of nitriles is 1. The summed E-state index contributed by atoms with van der Waals surface area (Å²) in [6.45, 7) is 2.70. The lowest BCUT2D eigenvalue weighted by Crippen LogP contribution is -2.48. The Labute approximate surface area is 194 Å². The predicted octanol–water partition coefficient (Wildman–Crippen LogP) is 3.15. The molecule has 1 aliphatic heterocycles. The van der Waals surface area contributed by atoms with Gasteiger partial charge in [-0.15, -0.1) is 0 Å². The topological polar surface area (TPSA) is 87.4 Å². The molecule has 1 N–H and O–H groups in total. The van der Waals surface area contributed by atoms with Crippen LogP contribution in [0, 0.1) is 23.2 Å². The van der Waals surface area contributed by atoms with E-state index < -0.39 is 5.54 Å². The van der Waals surface area contributed by atoms with Crippen molar-refractivity contribution in [2.45, 2.75) is 63.6 Å². The molecular weight excluding hydrogens is 416 g/mol. The van der Waals surface area contributed by atoms with E-state index in [9.17, 15) is 14.9 Å². The van der Waals surface area contributed by atoms with E-state index in [1.165, 1.54) is 22.2 Å². The molecule has 33 heavy (non-hydrogen) atoms. The minimum absolute atomic E-state index is 0.0935. The SMILES string of the molecule is COCCn1c2c(c3ccccc31)CN(C(=O)[C@@H]1CCCC[C@H]1C(=O)NC1(C#N)CC1)CC2. The van der Waals surface area contributed by atoms with Gasteiger partial charge in [0.15, 0.2) is 0 Å². The van der Waals surface area contributed by atoms with Gasteiger partial charge in [-0.05, 0) is 31.7 Å². The van der Waals surface area contributed by atoms with Gasteiger partial charge in [0.1, 0.15) is 5.54 Å². The van der Waals surface area contributed by atoms with E-state index in [4.69, 9.17) is 4.74 Å². The van der Waals surface area contributed by atoms with Crippen LogP contribution < -0.4 is 5.32 Å². The number of methoxy groups -OCH3 is 1. The average molecular weight is 449 g/mol. The number of fused-ring (bicyclic) bond motifs is 3. The number of carbonyl (C=O) groups is 2. The summed E-state index contributed by atoms with van der Waals surface area (Å²) in [5.74, 6) is -0.643. The second-order valence-corrected chi connectivity index (χ2v) is 9.78. The third-order valence-electron chi connectivity index (χ3n) is 7.74. The zero-order chi connectivity index (χ0) is 23.0. The first kappa shape index (κ1) is 22.0. The number of aromatic nitrogens is 1. The van der Waals surface area contributed by atoms with E-state index in [1.54, 1.807) is 7.11 Å². The van der Waals surface area contributed by atoms with Gasteiger partial charge in [0, 0.05) is 67.2 Å². The molecule has 2 aliphatic carbocycles. The lowest BCUT2D eigenvalue weighted by molar-refractivity contribution is -0.144. The van der Waals surface area contributed by atoms with Crippen molar-refractivity contribution in [3.63, 3.8) is 0 Å². The van der Waals surface area contributed by atoms with E-state index in [0.717, 1.165) is 38.6 Å². The molecule has 1 aromatic heterocycles. The Balaban J connectivity index is 1.37. The van der Waals surface area contributed by atoms with Gasteiger partial charge in [0.25, 0.3) is 0 Å². The lowest BCUT2D eigenvalue weighted by atomic mass is 9.77. The summed E-state index contributed by atoms with van der Waals surface area (Å²) in [6.07, 6.45) is 5.62. The zero-order valence-corrected chi connectivity index (χ0v) is 19.3. The molecule has 0 unspecified atom stereocenters. The molecule has 2 saturated carbocycles. The predicted molar refractivity (Wildman–Crippen MR) is 124 cm³/mol. The molecule has 2 amide bonds. The van der Waals surface area contributed by atoms with Crippen LogP contribution in [-0.4, -0.2) is 47.1 Å². The van der Waals surface area contributed by atoms with Crippen molar-refractivity contribution in [1.82, 2.24) is 14.8 Å². The van der Waals surface area contributed by atoms with Crippen molar-refractivity contribution in [1.29, 1.82) is 5.26 Å². The molecule has 0 spiro atoms. The highest BCUT2D eigenvalue weighted by Gasteiger charge is 2.47. The monoisotopic (exact) mass is 448 g/mol. The quantitative estimate of drug-likeness (QED) is 0.735. The Kier molecular flexibility index (Phi) is 5.88. The van der Waals surface area contributed by atoms with Gasteiger partial charge in [-0.1, -0.05) is 31.0 Å². The molecule has 2 fully saturated rings. The van der Waals surface area contributed by atoms with Crippen molar-refractivity contribution in [2.75, 3.05) is 20.3 Å². The number of nitrogens with one attached hydrogen (secondary N) is 1. The third kappa shape index (κ3) is 4.02. The van der Waals surface area contributed by atoms with E-state index >= 15 is 0 Å². The van der Waals surface area contributed by atoms with E-state index in [-0.39, 0.29) is 23.7 Å². The van der Waals surface area contributed by atoms with Gasteiger partial charge in [0.05, 0.1) is 12.7 Å². The number of hydrogen-bond donors (Lipinski definition) is 1. The van der Waals surface area contributed by atoms with Gasteiger partial charge < -0.3 is 19.5 Å². The number of benzene rings is 1. The summed E-state index contributed by atoms with van der Waals surface area (Å²) in [6, 6.07) is 10.6. The molecule has 0 saturated heterocycles. The minimum Gasteiger partial charge on any atom is -0.383 e. The largest absolute Gasteiger partial charge is 0.383 e. The first-order chi connectivity index (χ1) is 16.1. The highest BCUT2D eigenvalue weighted by molar-refractivity contribution is 5.90. The number of carbonyl (C=O) groups excluding carboxylic acids is 2. The molecule has 7 heteroatoms. The maximum Gasteiger partial charge on any atom is 0.226 e. The summed E-state index contributed by atoms with van der Waals surface area (Å²) in [5.41, 5.74) is 3.01.